The molecule has 0 saturated heterocycles. The second-order valence-electron chi connectivity index (χ2n) is 5.42. The molecule has 3 rings (SSSR count). The maximum atomic E-state index is 11.9. The minimum Gasteiger partial charge on any atom is -0.455 e. The van der Waals surface area contributed by atoms with Crippen LogP contribution in [-0.4, -0.2) is 12.1 Å². The Morgan fingerprint density at radius 3 is 2.65 bits per heavy atom. The fourth-order valence-corrected chi connectivity index (χ4v) is 2.90. The van der Waals surface area contributed by atoms with Gasteiger partial charge >= 0.3 is 0 Å². The maximum Gasteiger partial charge on any atom is 0.244 e. The van der Waals surface area contributed by atoms with Crippen molar-refractivity contribution in [1.29, 1.82) is 0 Å². The number of carbonyl (C=O) groups is 1. The Morgan fingerprint density at radius 1 is 1.12 bits per heavy atom. The van der Waals surface area contributed by atoms with Crippen molar-refractivity contribution in [3.63, 3.8) is 0 Å². The van der Waals surface area contributed by atoms with Gasteiger partial charge in [-0.05, 0) is 48.0 Å². The van der Waals surface area contributed by atoms with E-state index in [9.17, 15) is 4.79 Å². The summed E-state index contributed by atoms with van der Waals surface area (Å²) in [5, 5.41) is 5.02. The van der Waals surface area contributed by atoms with Gasteiger partial charge in [-0.2, -0.15) is 5.10 Å². The first kappa shape index (κ1) is 18.7. The summed E-state index contributed by atoms with van der Waals surface area (Å²) in [6, 6.07) is 16.2. The number of hydrazone groups is 1. The predicted octanol–water partition coefficient (Wildman–Crippen LogP) is 5.71. The van der Waals surface area contributed by atoms with Gasteiger partial charge in [-0.1, -0.05) is 51.3 Å². The summed E-state index contributed by atoms with van der Waals surface area (Å²) >= 11 is 15.5. The van der Waals surface area contributed by atoms with Crippen LogP contribution >= 0.6 is 39.1 Å². The molecule has 4 nitrogen and oxygen atoms in total. The van der Waals surface area contributed by atoms with Crippen molar-refractivity contribution in [2.24, 2.45) is 5.10 Å². The molecule has 2 aromatic carbocycles. The molecule has 132 valence electrons. The standard InChI is InChI=1S/C19H13BrCl2N2O2/c20-13-3-1-12(2-4-13)9-19(25)24-23-11-15-6-8-18(26-15)16-10-14(21)5-7-17(16)22/h1-8,10-11H,9H2,(H,24,25). The largest absolute Gasteiger partial charge is 0.455 e. The van der Waals surface area contributed by atoms with Gasteiger partial charge in [0.2, 0.25) is 5.91 Å². The zero-order chi connectivity index (χ0) is 18.5. The van der Waals surface area contributed by atoms with E-state index in [1.54, 1.807) is 30.3 Å². The van der Waals surface area contributed by atoms with Crippen LogP contribution in [0.2, 0.25) is 10.0 Å². The first-order valence-corrected chi connectivity index (χ1v) is 9.18. The second-order valence-corrected chi connectivity index (χ2v) is 7.18. The van der Waals surface area contributed by atoms with Gasteiger partial charge in [0, 0.05) is 15.1 Å². The van der Waals surface area contributed by atoms with Gasteiger partial charge in [-0.3, -0.25) is 4.79 Å². The van der Waals surface area contributed by atoms with E-state index in [1.807, 2.05) is 24.3 Å². The summed E-state index contributed by atoms with van der Waals surface area (Å²) in [5.74, 6) is 0.841. The first-order chi connectivity index (χ1) is 12.5. The minimum absolute atomic E-state index is 0.215. The Balaban J connectivity index is 1.61. The molecule has 0 unspecified atom stereocenters. The molecule has 0 radical (unpaired) electrons. The molecule has 7 heteroatoms. The lowest BCUT2D eigenvalue weighted by Gasteiger charge is -2.01. The predicted molar refractivity (Wildman–Crippen MR) is 108 cm³/mol. The van der Waals surface area contributed by atoms with Crippen molar-refractivity contribution >= 4 is 51.3 Å². The molecule has 0 atom stereocenters. The monoisotopic (exact) mass is 450 g/mol. The third-order valence-corrected chi connectivity index (χ3v) is 4.57. The molecule has 1 aromatic heterocycles. The van der Waals surface area contributed by atoms with Gasteiger partial charge in [0.05, 0.1) is 17.7 Å². The number of rotatable bonds is 5. The lowest BCUT2D eigenvalue weighted by molar-refractivity contribution is -0.120. The summed E-state index contributed by atoms with van der Waals surface area (Å²) in [7, 11) is 0. The van der Waals surface area contributed by atoms with Gasteiger partial charge in [0.15, 0.2) is 0 Å². The fourth-order valence-electron chi connectivity index (χ4n) is 2.25. The Morgan fingerprint density at radius 2 is 1.88 bits per heavy atom. The smallest absolute Gasteiger partial charge is 0.244 e. The Kier molecular flexibility index (Phi) is 6.14. The molecule has 1 N–H and O–H groups in total. The lowest BCUT2D eigenvalue weighted by Crippen LogP contribution is -2.19. The number of nitrogens with zero attached hydrogens (tertiary/aromatic N) is 1. The van der Waals surface area contributed by atoms with Crippen molar-refractivity contribution in [3.05, 3.63) is 80.4 Å². The normalized spacial score (nSPS) is 11.0. The molecule has 0 saturated carbocycles. The third kappa shape index (κ3) is 4.97. The van der Waals surface area contributed by atoms with Crippen molar-refractivity contribution < 1.29 is 9.21 Å². The van der Waals surface area contributed by atoms with Gasteiger partial charge < -0.3 is 4.42 Å². The molecular formula is C19H13BrCl2N2O2. The highest BCUT2D eigenvalue weighted by molar-refractivity contribution is 9.10. The van der Waals surface area contributed by atoms with E-state index in [0.717, 1.165) is 10.0 Å². The number of nitrogens with one attached hydrogen (secondary N) is 1. The zero-order valence-corrected chi connectivity index (χ0v) is 16.5. The van der Waals surface area contributed by atoms with Crippen LogP contribution in [-0.2, 0) is 11.2 Å². The van der Waals surface area contributed by atoms with E-state index in [2.05, 4.69) is 26.5 Å². The number of hydrogen-bond donors (Lipinski definition) is 1. The van der Waals surface area contributed by atoms with E-state index in [-0.39, 0.29) is 12.3 Å². The van der Waals surface area contributed by atoms with Crippen LogP contribution < -0.4 is 5.43 Å². The van der Waals surface area contributed by atoms with Gasteiger partial charge in [0.1, 0.15) is 11.5 Å². The first-order valence-electron chi connectivity index (χ1n) is 7.63. The Hall–Kier alpha value is -2.08. The van der Waals surface area contributed by atoms with Crippen molar-refractivity contribution in [1.82, 2.24) is 5.43 Å². The van der Waals surface area contributed by atoms with Crippen molar-refractivity contribution in [3.8, 4) is 11.3 Å². The molecular weight excluding hydrogens is 439 g/mol. The molecule has 0 spiro atoms. The second kappa shape index (κ2) is 8.54. The number of benzene rings is 2. The summed E-state index contributed by atoms with van der Waals surface area (Å²) in [6.07, 6.45) is 1.67. The molecule has 0 aliphatic rings. The number of carbonyl (C=O) groups excluding carboxylic acids is 1. The Bertz CT molecular complexity index is 952. The fraction of sp³-hybridized carbons (Fsp3) is 0.0526. The SMILES string of the molecule is O=C(Cc1ccc(Br)cc1)NN=Cc1ccc(-c2cc(Cl)ccc2Cl)o1. The molecule has 0 bridgehead atoms. The molecule has 1 heterocycles. The highest BCUT2D eigenvalue weighted by Gasteiger charge is 2.09. The van der Waals surface area contributed by atoms with E-state index in [1.165, 1.54) is 6.21 Å². The van der Waals surface area contributed by atoms with Crippen LogP contribution in [0, 0.1) is 0 Å². The van der Waals surface area contributed by atoms with Crippen LogP contribution in [0.4, 0.5) is 0 Å². The summed E-state index contributed by atoms with van der Waals surface area (Å²) in [4.78, 5) is 11.9. The van der Waals surface area contributed by atoms with E-state index in [0.29, 0.717) is 27.1 Å². The number of hydrogen-bond acceptors (Lipinski definition) is 3. The molecule has 0 aliphatic carbocycles. The molecule has 26 heavy (non-hydrogen) atoms. The van der Waals surface area contributed by atoms with Crippen molar-refractivity contribution in [2.75, 3.05) is 0 Å². The highest BCUT2D eigenvalue weighted by atomic mass is 79.9. The molecule has 1 amide bonds. The highest BCUT2D eigenvalue weighted by Crippen LogP contribution is 2.31. The van der Waals surface area contributed by atoms with Crippen LogP contribution in [0.15, 0.2) is 68.6 Å². The van der Waals surface area contributed by atoms with Gasteiger partial charge in [-0.15, -0.1) is 0 Å². The zero-order valence-electron chi connectivity index (χ0n) is 13.4. The molecule has 0 fully saturated rings. The van der Waals surface area contributed by atoms with Gasteiger partial charge in [-0.25, -0.2) is 5.43 Å². The van der Waals surface area contributed by atoms with Crippen molar-refractivity contribution in [2.45, 2.75) is 6.42 Å². The number of amides is 1. The maximum absolute atomic E-state index is 11.9. The minimum atomic E-state index is -0.215. The average Bonchev–Trinajstić information content (AvgIpc) is 3.08. The van der Waals surface area contributed by atoms with Crippen LogP contribution in [0.1, 0.15) is 11.3 Å². The molecule has 3 aromatic rings. The van der Waals surface area contributed by atoms with Crippen LogP contribution in [0.25, 0.3) is 11.3 Å². The summed E-state index contributed by atoms with van der Waals surface area (Å²) in [6.45, 7) is 0. The Labute approximate surface area is 168 Å². The number of furan rings is 1. The van der Waals surface area contributed by atoms with E-state index in [4.69, 9.17) is 27.6 Å². The summed E-state index contributed by atoms with van der Waals surface area (Å²) < 4.78 is 6.64. The average molecular weight is 452 g/mol. The van der Waals surface area contributed by atoms with Crippen LogP contribution in [0.3, 0.4) is 0 Å². The number of halogens is 3. The topological polar surface area (TPSA) is 54.6 Å². The third-order valence-electron chi connectivity index (χ3n) is 3.48. The van der Waals surface area contributed by atoms with E-state index < -0.39 is 0 Å². The van der Waals surface area contributed by atoms with E-state index >= 15 is 0 Å². The quantitative estimate of drug-likeness (QED) is 0.399. The summed E-state index contributed by atoms with van der Waals surface area (Å²) in [5.41, 5.74) is 4.07. The lowest BCUT2D eigenvalue weighted by atomic mass is 10.1. The van der Waals surface area contributed by atoms with Gasteiger partial charge in [0.25, 0.3) is 0 Å². The molecule has 0 aliphatic heterocycles. The van der Waals surface area contributed by atoms with Crippen LogP contribution in [0.5, 0.6) is 0 Å².